The van der Waals surface area contributed by atoms with E-state index in [1.165, 1.54) is 34.1 Å². The largest absolute Gasteiger partial charge is 0.379 e. The molecule has 5 nitrogen and oxygen atoms in total. The SMILES string of the molecule is Cc1ccc2c(c1)c1c3n2CCN(C(=O)CN2CCOCC2)[C@H]3CCC1. The second-order valence-electron chi connectivity index (χ2n) is 7.92. The van der Waals surface area contributed by atoms with Crippen LogP contribution in [-0.2, 0) is 22.5 Å². The highest BCUT2D eigenvalue weighted by Crippen LogP contribution is 2.42. The minimum atomic E-state index is 0.258. The van der Waals surface area contributed by atoms with Crippen molar-refractivity contribution < 1.29 is 9.53 Å². The number of morpholine rings is 1. The molecule has 3 heterocycles. The molecule has 1 aromatic heterocycles. The summed E-state index contributed by atoms with van der Waals surface area (Å²) in [5.41, 5.74) is 5.58. The van der Waals surface area contributed by atoms with E-state index in [0.717, 1.165) is 52.2 Å². The van der Waals surface area contributed by atoms with E-state index < -0.39 is 0 Å². The molecule has 1 saturated heterocycles. The van der Waals surface area contributed by atoms with Gasteiger partial charge in [-0.1, -0.05) is 11.6 Å². The topological polar surface area (TPSA) is 37.7 Å². The van der Waals surface area contributed by atoms with Crippen molar-refractivity contribution in [3.05, 3.63) is 35.0 Å². The number of amides is 1. The number of benzene rings is 1. The molecule has 26 heavy (non-hydrogen) atoms. The van der Waals surface area contributed by atoms with Crippen molar-refractivity contribution in [2.75, 3.05) is 39.4 Å². The number of aryl methyl sites for hydroxylation is 2. The van der Waals surface area contributed by atoms with E-state index in [-0.39, 0.29) is 11.9 Å². The molecule has 1 amide bonds. The van der Waals surface area contributed by atoms with E-state index in [1.807, 2.05) is 0 Å². The van der Waals surface area contributed by atoms with Gasteiger partial charge >= 0.3 is 0 Å². The van der Waals surface area contributed by atoms with E-state index in [1.54, 1.807) is 0 Å². The zero-order valence-electron chi connectivity index (χ0n) is 15.5. The van der Waals surface area contributed by atoms with Gasteiger partial charge in [0.2, 0.25) is 5.91 Å². The van der Waals surface area contributed by atoms with Crippen molar-refractivity contribution in [3.63, 3.8) is 0 Å². The molecular weight excluding hydrogens is 326 g/mol. The van der Waals surface area contributed by atoms with Crippen LogP contribution in [0.25, 0.3) is 10.9 Å². The zero-order valence-corrected chi connectivity index (χ0v) is 15.5. The van der Waals surface area contributed by atoms with Gasteiger partial charge in [-0.25, -0.2) is 0 Å². The molecule has 1 fully saturated rings. The van der Waals surface area contributed by atoms with E-state index in [2.05, 4.69) is 39.5 Å². The summed E-state index contributed by atoms with van der Waals surface area (Å²) in [5, 5.41) is 1.41. The first-order valence-electron chi connectivity index (χ1n) is 9.93. The van der Waals surface area contributed by atoms with Crippen LogP contribution in [0.15, 0.2) is 18.2 Å². The van der Waals surface area contributed by atoms with Gasteiger partial charge in [-0.05, 0) is 43.9 Å². The Kier molecular flexibility index (Phi) is 4.02. The Morgan fingerprint density at radius 2 is 2.04 bits per heavy atom. The van der Waals surface area contributed by atoms with E-state index >= 15 is 0 Å². The van der Waals surface area contributed by atoms with Gasteiger partial charge in [0.25, 0.3) is 0 Å². The minimum absolute atomic E-state index is 0.258. The number of hydrogen-bond acceptors (Lipinski definition) is 3. The number of hydrogen-bond donors (Lipinski definition) is 0. The molecule has 138 valence electrons. The minimum Gasteiger partial charge on any atom is -0.379 e. The highest BCUT2D eigenvalue weighted by Gasteiger charge is 2.37. The molecule has 0 unspecified atom stereocenters. The fourth-order valence-electron chi connectivity index (χ4n) is 5.06. The lowest BCUT2D eigenvalue weighted by molar-refractivity contribution is -0.137. The molecule has 3 aliphatic rings. The fraction of sp³-hybridized carbons (Fsp3) is 0.571. The lowest BCUT2D eigenvalue weighted by Crippen LogP contribution is -2.49. The molecule has 2 aromatic rings. The number of nitrogens with zero attached hydrogens (tertiary/aromatic N) is 3. The molecule has 1 aromatic carbocycles. The van der Waals surface area contributed by atoms with Gasteiger partial charge in [0.05, 0.1) is 25.8 Å². The second-order valence-corrected chi connectivity index (χ2v) is 7.92. The Bertz CT molecular complexity index is 851. The van der Waals surface area contributed by atoms with Crippen LogP contribution >= 0.6 is 0 Å². The summed E-state index contributed by atoms with van der Waals surface area (Å²) < 4.78 is 7.91. The first-order chi connectivity index (χ1) is 12.7. The summed E-state index contributed by atoms with van der Waals surface area (Å²) >= 11 is 0. The summed E-state index contributed by atoms with van der Waals surface area (Å²) in [7, 11) is 0. The maximum absolute atomic E-state index is 13.1. The summed E-state index contributed by atoms with van der Waals surface area (Å²) in [6, 6.07) is 7.07. The first kappa shape index (κ1) is 16.3. The predicted molar refractivity (Wildman–Crippen MR) is 101 cm³/mol. The number of rotatable bonds is 2. The van der Waals surface area contributed by atoms with Gasteiger partial charge in [0.15, 0.2) is 0 Å². The third-order valence-corrected chi connectivity index (χ3v) is 6.31. The zero-order chi connectivity index (χ0) is 17.7. The van der Waals surface area contributed by atoms with Crippen LogP contribution in [0.4, 0.5) is 0 Å². The van der Waals surface area contributed by atoms with Crippen molar-refractivity contribution >= 4 is 16.8 Å². The van der Waals surface area contributed by atoms with Gasteiger partial charge in [-0.15, -0.1) is 0 Å². The van der Waals surface area contributed by atoms with Crippen LogP contribution in [0.2, 0.25) is 0 Å². The third kappa shape index (κ3) is 2.57. The highest BCUT2D eigenvalue weighted by atomic mass is 16.5. The molecule has 5 heteroatoms. The maximum Gasteiger partial charge on any atom is 0.237 e. The van der Waals surface area contributed by atoms with Crippen LogP contribution in [0.5, 0.6) is 0 Å². The normalized spacial score (nSPS) is 23.3. The van der Waals surface area contributed by atoms with Gasteiger partial charge < -0.3 is 14.2 Å². The molecule has 5 rings (SSSR count). The molecule has 1 aliphatic carbocycles. The van der Waals surface area contributed by atoms with Gasteiger partial charge in [-0.2, -0.15) is 0 Å². The summed E-state index contributed by atoms with van der Waals surface area (Å²) in [4.78, 5) is 17.5. The Labute approximate surface area is 154 Å². The van der Waals surface area contributed by atoms with Gasteiger partial charge in [-0.3, -0.25) is 9.69 Å². The van der Waals surface area contributed by atoms with Crippen LogP contribution in [0.1, 0.15) is 35.7 Å². The molecule has 1 atom stereocenters. The average molecular weight is 353 g/mol. The molecule has 0 radical (unpaired) electrons. The second kappa shape index (κ2) is 6.39. The number of fused-ring (bicyclic) bond motifs is 3. The standard InChI is InChI=1S/C21H27N3O2/c1-15-5-6-18-17(13-15)16-3-2-4-19-21(16)24(18)8-7-23(19)20(25)14-22-9-11-26-12-10-22/h5-6,13,19H,2-4,7-12,14H2,1H3/t19-/m0/s1. The number of ether oxygens (including phenoxy) is 1. The van der Waals surface area contributed by atoms with Crippen LogP contribution in [-0.4, -0.2) is 59.7 Å². The Hall–Kier alpha value is -1.85. The molecule has 0 spiro atoms. The Balaban J connectivity index is 1.48. The molecule has 2 aliphatic heterocycles. The van der Waals surface area contributed by atoms with Crippen molar-refractivity contribution in [3.8, 4) is 0 Å². The van der Waals surface area contributed by atoms with Crippen molar-refractivity contribution in [2.45, 2.75) is 38.8 Å². The molecular formula is C21H27N3O2. The lowest BCUT2D eigenvalue weighted by atomic mass is 9.89. The quantitative estimate of drug-likeness (QED) is 0.833. The summed E-state index contributed by atoms with van der Waals surface area (Å²) in [5.74, 6) is 0.289. The van der Waals surface area contributed by atoms with Crippen LogP contribution < -0.4 is 0 Å². The number of carbonyl (C=O) groups is 1. The van der Waals surface area contributed by atoms with Crippen molar-refractivity contribution in [1.82, 2.24) is 14.4 Å². The smallest absolute Gasteiger partial charge is 0.237 e. The van der Waals surface area contributed by atoms with Gasteiger partial charge in [0.1, 0.15) is 0 Å². The Morgan fingerprint density at radius 3 is 2.88 bits per heavy atom. The number of aromatic nitrogens is 1. The number of carbonyl (C=O) groups excluding carboxylic acids is 1. The van der Waals surface area contributed by atoms with E-state index in [9.17, 15) is 4.79 Å². The molecule has 0 saturated carbocycles. The molecule has 0 N–H and O–H groups in total. The molecule has 0 bridgehead atoms. The fourth-order valence-corrected chi connectivity index (χ4v) is 5.06. The van der Waals surface area contributed by atoms with Gasteiger partial charge in [0, 0.05) is 42.8 Å². The summed E-state index contributed by atoms with van der Waals surface area (Å²) in [6.45, 7) is 7.68. The Morgan fingerprint density at radius 1 is 1.19 bits per heavy atom. The predicted octanol–water partition coefficient (Wildman–Crippen LogP) is 2.50. The van der Waals surface area contributed by atoms with Crippen molar-refractivity contribution in [1.29, 1.82) is 0 Å². The highest BCUT2D eigenvalue weighted by molar-refractivity contribution is 5.88. The first-order valence-corrected chi connectivity index (χ1v) is 9.93. The van der Waals surface area contributed by atoms with Crippen LogP contribution in [0, 0.1) is 6.92 Å². The van der Waals surface area contributed by atoms with E-state index in [4.69, 9.17) is 4.74 Å². The van der Waals surface area contributed by atoms with Crippen molar-refractivity contribution in [2.24, 2.45) is 0 Å². The van der Waals surface area contributed by atoms with E-state index in [0.29, 0.717) is 6.54 Å². The average Bonchev–Trinajstić information content (AvgIpc) is 2.98. The lowest BCUT2D eigenvalue weighted by Gasteiger charge is -2.41. The maximum atomic E-state index is 13.1. The monoisotopic (exact) mass is 353 g/mol. The summed E-state index contributed by atoms with van der Waals surface area (Å²) in [6.07, 6.45) is 3.41. The third-order valence-electron chi connectivity index (χ3n) is 6.31. The van der Waals surface area contributed by atoms with Crippen LogP contribution in [0.3, 0.4) is 0 Å².